The van der Waals surface area contributed by atoms with E-state index >= 15 is 0 Å². The fourth-order valence-corrected chi connectivity index (χ4v) is 2.82. The summed E-state index contributed by atoms with van der Waals surface area (Å²) in [6.07, 6.45) is -10.4. The lowest BCUT2D eigenvalue weighted by Crippen LogP contribution is -2.14. The standard InChI is InChI=1S/C9H2F9IS/c10-7(11,12)3-1-4(8(13,14)15)6(5(19)2-3)20-9(16,17)18/h1-2H. The second-order valence-corrected chi connectivity index (χ2v) is 5.62. The summed E-state index contributed by atoms with van der Waals surface area (Å²) in [4.78, 5) is -1.29. The van der Waals surface area contributed by atoms with Gasteiger partial charge < -0.3 is 0 Å². The Morgan fingerprint density at radius 1 is 0.800 bits per heavy atom. The molecule has 20 heavy (non-hydrogen) atoms. The molecule has 0 aliphatic heterocycles. The molecule has 0 heterocycles. The maximum Gasteiger partial charge on any atom is 0.446 e. The number of alkyl halides is 9. The van der Waals surface area contributed by atoms with Gasteiger partial charge in [0.1, 0.15) is 0 Å². The monoisotopic (exact) mass is 440 g/mol. The summed E-state index contributed by atoms with van der Waals surface area (Å²) in [5.41, 5.74) is -8.65. The molecule has 114 valence electrons. The van der Waals surface area contributed by atoms with Gasteiger partial charge in [0.2, 0.25) is 0 Å². The molecular formula is C9H2F9IS. The van der Waals surface area contributed by atoms with Crippen LogP contribution < -0.4 is 0 Å². The van der Waals surface area contributed by atoms with Gasteiger partial charge in [-0.25, -0.2) is 0 Å². The van der Waals surface area contributed by atoms with Gasteiger partial charge in [0.25, 0.3) is 0 Å². The first-order valence-electron chi connectivity index (χ1n) is 4.45. The van der Waals surface area contributed by atoms with Crippen molar-refractivity contribution in [3.63, 3.8) is 0 Å². The van der Waals surface area contributed by atoms with E-state index in [1.165, 1.54) is 0 Å². The number of halogens is 10. The van der Waals surface area contributed by atoms with E-state index in [1.807, 2.05) is 0 Å². The summed E-state index contributed by atoms with van der Waals surface area (Å²) in [7, 11) is 0. The van der Waals surface area contributed by atoms with Crippen molar-refractivity contribution in [2.75, 3.05) is 0 Å². The van der Waals surface area contributed by atoms with Gasteiger partial charge in [0, 0.05) is 8.47 Å². The fraction of sp³-hybridized carbons (Fsp3) is 0.333. The molecule has 0 radical (unpaired) electrons. The van der Waals surface area contributed by atoms with Crippen LogP contribution in [0.5, 0.6) is 0 Å². The molecule has 0 atom stereocenters. The van der Waals surface area contributed by atoms with Crippen molar-refractivity contribution in [2.24, 2.45) is 0 Å². The van der Waals surface area contributed by atoms with E-state index in [-0.39, 0.29) is 12.1 Å². The van der Waals surface area contributed by atoms with Gasteiger partial charge in [-0.3, -0.25) is 0 Å². The van der Waals surface area contributed by atoms with Gasteiger partial charge >= 0.3 is 17.9 Å². The zero-order valence-corrected chi connectivity index (χ0v) is 11.8. The van der Waals surface area contributed by atoms with E-state index in [9.17, 15) is 39.5 Å². The summed E-state index contributed by atoms with van der Waals surface area (Å²) in [6, 6.07) is -0.0832. The lowest BCUT2D eigenvalue weighted by Gasteiger charge is -2.18. The lowest BCUT2D eigenvalue weighted by atomic mass is 10.1. The summed E-state index contributed by atoms with van der Waals surface area (Å²) in [5.74, 6) is 0. The SMILES string of the molecule is FC(F)(F)Sc1c(I)cc(C(F)(F)F)cc1C(F)(F)F. The highest BCUT2D eigenvalue weighted by Crippen LogP contribution is 2.47. The molecule has 0 aliphatic carbocycles. The number of thioether (sulfide) groups is 1. The van der Waals surface area contributed by atoms with E-state index in [2.05, 4.69) is 0 Å². The van der Waals surface area contributed by atoms with Gasteiger partial charge in [-0.05, 0) is 46.5 Å². The summed E-state index contributed by atoms with van der Waals surface area (Å²) >= 11 is -0.0838. The largest absolute Gasteiger partial charge is 0.446 e. The number of hydrogen-bond donors (Lipinski definition) is 0. The van der Waals surface area contributed by atoms with Gasteiger partial charge in [0.15, 0.2) is 0 Å². The van der Waals surface area contributed by atoms with Gasteiger partial charge in [-0.1, -0.05) is 0 Å². The minimum absolute atomic E-state index is 0.240. The van der Waals surface area contributed by atoms with Crippen molar-refractivity contribution in [2.45, 2.75) is 22.8 Å². The molecule has 0 N–H and O–H groups in total. The molecular weight excluding hydrogens is 438 g/mol. The van der Waals surface area contributed by atoms with Crippen LogP contribution in [-0.4, -0.2) is 5.51 Å². The minimum atomic E-state index is -5.32. The Hall–Kier alpha value is -0.330. The zero-order valence-electron chi connectivity index (χ0n) is 8.84. The molecule has 0 unspecified atom stereocenters. The van der Waals surface area contributed by atoms with Crippen LogP contribution in [0, 0.1) is 3.57 Å². The van der Waals surface area contributed by atoms with Crippen molar-refractivity contribution in [1.82, 2.24) is 0 Å². The summed E-state index contributed by atoms with van der Waals surface area (Å²) in [6.45, 7) is 0. The van der Waals surface area contributed by atoms with Crippen molar-refractivity contribution < 1.29 is 39.5 Å². The topological polar surface area (TPSA) is 0 Å². The molecule has 0 saturated heterocycles. The summed E-state index contributed by atoms with van der Waals surface area (Å²) in [5, 5.41) is 0. The van der Waals surface area contributed by atoms with Crippen LogP contribution >= 0.6 is 34.4 Å². The number of benzene rings is 1. The number of hydrogen-bond acceptors (Lipinski definition) is 1. The maximum absolute atomic E-state index is 12.6. The van der Waals surface area contributed by atoms with E-state index < -0.39 is 49.2 Å². The molecule has 0 aromatic heterocycles. The Balaban J connectivity index is 3.52. The minimum Gasteiger partial charge on any atom is -0.166 e. The molecule has 11 heteroatoms. The van der Waals surface area contributed by atoms with Crippen molar-refractivity contribution in [3.8, 4) is 0 Å². The Kier molecular flexibility index (Phi) is 4.84. The van der Waals surface area contributed by atoms with E-state index in [0.29, 0.717) is 0 Å². The molecule has 0 amide bonds. The first-order chi connectivity index (χ1) is 8.72. The van der Waals surface area contributed by atoms with Gasteiger partial charge in [0.05, 0.1) is 11.1 Å². The van der Waals surface area contributed by atoms with Crippen LogP contribution in [-0.2, 0) is 12.4 Å². The lowest BCUT2D eigenvalue weighted by molar-refractivity contribution is -0.144. The molecule has 1 aromatic carbocycles. The van der Waals surface area contributed by atoms with E-state index in [4.69, 9.17) is 0 Å². The third-order valence-corrected chi connectivity index (χ3v) is 3.99. The van der Waals surface area contributed by atoms with Gasteiger partial charge in [-0.2, -0.15) is 39.5 Å². The molecule has 0 spiro atoms. The average molecular weight is 440 g/mol. The number of rotatable bonds is 1. The first kappa shape index (κ1) is 17.7. The van der Waals surface area contributed by atoms with Crippen molar-refractivity contribution in [1.29, 1.82) is 0 Å². The predicted octanol–water partition coefficient (Wildman–Crippen LogP) is 5.94. The third-order valence-electron chi connectivity index (χ3n) is 1.89. The Morgan fingerprint density at radius 3 is 1.65 bits per heavy atom. The van der Waals surface area contributed by atoms with E-state index in [0.717, 1.165) is 22.6 Å². The van der Waals surface area contributed by atoms with Crippen molar-refractivity contribution in [3.05, 3.63) is 26.8 Å². The highest BCUT2D eigenvalue weighted by molar-refractivity contribution is 14.1. The Morgan fingerprint density at radius 2 is 1.30 bits per heavy atom. The first-order valence-corrected chi connectivity index (χ1v) is 6.35. The second-order valence-electron chi connectivity index (χ2n) is 3.38. The molecule has 1 aromatic rings. The molecule has 0 fully saturated rings. The molecule has 0 aliphatic rings. The molecule has 0 bridgehead atoms. The normalized spacial score (nSPS) is 13.7. The fourth-order valence-electron chi connectivity index (χ4n) is 1.19. The zero-order chi connectivity index (χ0) is 15.9. The van der Waals surface area contributed by atoms with Crippen LogP contribution in [0.15, 0.2) is 17.0 Å². The van der Waals surface area contributed by atoms with Crippen LogP contribution in [0.2, 0.25) is 0 Å². The van der Waals surface area contributed by atoms with Gasteiger partial charge in [-0.15, -0.1) is 0 Å². The highest BCUT2D eigenvalue weighted by Gasteiger charge is 2.42. The third kappa shape index (κ3) is 4.60. The second kappa shape index (κ2) is 5.46. The quantitative estimate of drug-likeness (QED) is 0.296. The molecule has 0 nitrogen and oxygen atoms in total. The maximum atomic E-state index is 12.6. The Bertz CT molecular complexity index is 500. The Labute approximate surface area is 123 Å². The molecule has 1 rings (SSSR count). The summed E-state index contributed by atoms with van der Waals surface area (Å²) < 4.78 is 111. The van der Waals surface area contributed by atoms with Crippen LogP contribution in [0.25, 0.3) is 0 Å². The highest BCUT2D eigenvalue weighted by atomic mass is 127. The average Bonchev–Trinajstić information content (AvgIpc) is 2.15. The van der Waals surface area contributed by atoms with Crippen LogP contribution in [0.4, 0.5) is 39.5 Å². The van der Waals surface area contributed by atoms with Crippen LogP contribution in [0.3, 0.4) is 0 Å². The van der Waals surface area contributed by atoms with Crippen LogP contribution in [0.1, 0.15) is 11.1 Å². The van der Waals surface area contributed by atoms with E-state index in [1.54, 1.807) is 0 Å². The predicted molar refractivity (Wildman–Crippen MR) is 61.1 cm³/mol. The molecule has 0 saturated carbocycles. The van der Waals surface area contributed by atoms with Crippen molar-refractivity contribution >= 4 is 34.4 Å². The smallest absolute Gasteiger partial charge is 0.166 e.